The molecule has 0 heterocycles. The van der Waals surface area contributed by atoms with Crippen molar-refractivity contribution in [1.82, 2.24) is 0 Å². The molecule has 0 amide bonds. The van der Waals surface area contributed by atoms with Gasteiger partial charge in [0.2, 0.25) is 0 Å². The van der Waals surface area contributed by atoms with Gasteiger partial charge in [-0.1, -0.05) is 83.1 Å². The standard InChI is InChI=1S/2C8H18P.2C6H15P.2Pd/c2*1-7(2,3)9-8(4,5)6;2*1-4-7(5-2)6-3;;/h2*1-6H3;2*4-6H2,1-3H3;;/q2*-1;;;;/p+2. The third-order valence-electron chi connectivity index (χ3n) is 4.34. The van der Waals surface area contributed by atoms with Crippen LogP contribution in [0.1, 0.15) is 125 Å². The van der Waals surface area contributed by atoms with E-state index in [-0.39, 0.29) is 56.7 Å². The molecule has 0 atom stereocenters. The van der Waals surface area contributed by atoms with Gasteiger partial charge in [0, 0.05) is 40.8 Å². The van der Waals surface area contributed by atoms with Gasteiger partial charge in [-0.25, -0.2) is 0 Å². The van der Waals surface area contributed by atoms with Gasteiger partial charge in [0.1, 0.15) is 0 Å². The molecule has 0 aliphatic heterocycles. The Morgan fingerprint density at radius 2 is 0.471 bits per heavy atom. The first kappa shape index (κ1) is 49.9. The second kappa shape index (κ2) is 26.3. The summed E-state index contributed by atoms with van der Waals surface area (Å²) in [5, 5.41) is 1.83. The summed E-state index contributed by atoms with van der Waals surface area (Å²) in [7, 11) is 3.34. The van der Waals surface area contributed by atoms with Gasteiger partial charge in [-0.05, 0) is 57.4 Å². The van der Waals surface area contributed by atoms with Gasteiger partial charge in [-0.2, -0.15) is 20.6 Å². The van der Waals surface area contributed by atoms with Crippen LogP contribution in [0.3, 0.4) is 0 Å². The van der Waals surface area contributed by atoms with Gasteiger partial charge in [0.15, 0.2) is 0 Å². The van der Waals surface area contributed by atoms with Crippen molar-refractivity contribution >= 4 is 33.0 Å². The maximum atomic E-state index is 2.31. The Bertz CT molecular complexity index is 308. The molecule has 0 N–H and O–H groups in total. The quantitative estimate of drug-likeness (QED) is 0.188. The molecule has 6 heteroatoms. The van der Waals surface area contributed by atoms with Crippen LogP contribution in [0.4, 0.5) is 0 Å². The molecule has 0 nitrogen and oxygen atoms in total. The van der Waals surface area contributed by atoms with E-state index in [1.165, 1.54) is 54.1 Å². The van der Waals surface area contributed by atoms with E-state index >= 15 is 0 Å². The second-order valence-electron chi connectivity index (χ2n) is 12.5. The van der Waals surface area contributed by atoms with E-state index in [0.717, 1.165) is 0 Å². The minimum atomic E-state index is 0. The Hall–Kier alpha value is 3.04. The topological polar surface area (TPSA) is 0 Å². The molecule has 0 spiro atoms. The Balaban J connectivity index is -0.0000000759. The van der Waals surface area contributed by atoms with Gasteiger partial charge in [0.25, 0.3) is 0 Å². The van der Waals surface area contributed by atoms with Gasteiger partial charge in [-0.3, -0.25) is 0 Å². The van der Waals surface area contributed by atoms with Crippen molar-refractivity contribution in [3.63, 3.8) is 0 Å². The Kier molecular flexibility index (Phi) is 38.6. The van der Waals surface area contributed by atoms with Crippen molar-refractivity contribution in [3.8, 4) is 0 Å². The van der Waals surface area contributed by atoms with Crippen LogP contribution in [0, 0.1) is 0 Å². The molecule has 0 saturated heterocycles. The van der Waals surface area contributed by atoms with Crippen LogP contribution in [-0.2, 0) is 40.8 Å². The first-order chi connectivity index (χ1) is 14.1. The van der Waals surface area contributed by atoms with Crippen molar-refractivity contribution in [3.05, 3.63) is 0 Å². The van der Waals surface area contributed by atoms with Crippen LogP contribution >= 0.6 is 33.0 Å². The summed E-state index contributed by atoms with van der Waals surface area (Å²) in [6.45, 7) is 41.2. The molecule has 220 valence electrons. The number of rotatable bonds is 6. The number of hydrogen-bond acceptors (Lipinski definition) is 0. The van der Waals surface area contributed by atoms with Crippen molar-refractivity contribution in [2.45, 2.75) is 145 Å². The monoisotopic (exact) mass is 740 g/mol. The molecule has 0 aromatic heterocycles. The molecule has 0 rings (SSSR count). The van der Waals surface area contributed by atoms with E-state index in [1.807, 2.05) is 0 Å². The summed E-state index contributed by atoms with van der Waals surface area (Å²) in [6.07, 6.45) is 8.74. The van der Waals surface area contributed by atoms with E-state index < -0.39 is 0 Å². The molecular formula is C28H68P4Pd2. The molecule has 0 unspecified atom stereocenters. The summed E-state index contributed by atoms with van der Waals surface area (Å²) in [5.74, 6) is 0. The summed E-state index contributed by atoms with van der Waals surface area (Å²) in [6, 6.07) is 0. The SMILES string of the molecule is CC(C)(C)[P-]C(C)(C)C.CC(C)(C)[P-]C(C)(C)C.CC[PH+](CC)CC.CC[PH+](CC)CC.[Pd].[Pd]. The second-order valence-corrected chi connectivity index (χ2v) is 25.6. The third-order valence-corrected chi connectivity index (χ3v) is 13.0. The average Bonchev–Trinajstić information content (AvgIpc) is 2.53. The molecule has 0 aromatic carbocycles. The zero-order chi connectivity index (χ0) is 26.8. The van der Waals surface area contributed by atoms with E-state index in [0.29, 0.717) is 20.6 Å². The van der Waals surface area contributed by atoms with Gasteiger partial charge < -0.3 is 17.2 Å². The summed E-state index contributed by atoms with van der Waals surface area (Å²) < 4.78 is 0. The minimum absolute atomic E-state index is 0. The van der Waals surface area contributed by atoms with E-state index in [2.05, 4.69) is 125 Å². The van der Waals surface area contributed by atoms with Crippen LogP contribution in [0.5, 0.6) is 0 Å². The summed E-state index contributed by atoms with van der Waals surface area (Å²) in [4.78, 5) is 0. The largest absolute Gasteiger partial charge is 0.528 e. The van der Waals surface area contributed by atoms with Crippen molar-refractivity contribution in [2.75, 3.05) is 37.0 Å². The van der Waals surface area contributed by atoms with E-state index in [9.17, 15) is 0 Å². The van der Waals surface area contributed by atoms with Crippen molar-refractivity contribution in [2.24, 2.45) is 0 Å². The molecular weight excluding hydrogens is 673 g/mol. The predicted octanol–water partition coefficient (Wildman–Crippen LogP) is 11.6. The molecule has 0 fully saturated rings. The van der Waals surface area contributed by atoms with Crippen LogP contribution in [-0.4, -0.2) is 57.6 Å². The average molecular weight is 742 g/mol. The third kappa shape index (κ3) is 55.5. The fraction of sp³-hybridized carbons (Fsp3) is 1.00. The van der Waals surface area contributed by atoms with Gasteiger partial charge in [-0.15, -0.1) is 0 Å². The van der Waals surface area contributed by atoms with Crippen LogP contribution < -0.4 is 0 Å². The van der Waals surface area contributed by atoms with Gasteiger partial charge >= 0.3 is 0 Å². The molecule has 0 aliphatic carbocycles. The molecule has 0 radical (unpaired) electrons. The molecule has 0 aromatic rings. The molecule has 0 aliphatic rings. The Morgan fingerprint density at radius 3 is 0.471 bits per heavy atom. The van der Waals surface area contributed by atoms with E-state index in [4.69, 9.17) is 0 Å². The fourth-order valence-corrected chi connectivity index (χ4v) is 10.5. The molecule has 34 heavy (non-hydrogen) atoms. The first-order valence-corrected chi connectivity index (χ1v) is 19.3. The smallest absolute Gasteiger partial charge is 0.0543 e. The maximum absolute atomic E-state index is 2.31. The molecule has 0 bridgehead atoms. The predicted molar refractivity (Wildman–Crippen MR) is 173 cm³/mol. The normalized spacial score (nSPS) is 11.6. The van der Waals surface area contributed by atoms with E-state index in [1.54, 1.807) is 0 Å². The van der Waals surface area contributed by atoms with Crippen molar-refractivity contribution < 1.29 is 40.8 Å². The zero-order valence-corrected chi connectivity index (χ0v) is 33.7. The minimum Gasteiger partial charge on any atom is -0.528 e. The fourth-order valence-electron chi connectivity index (χ4n) is 3.51. The maximum Gasteiger partial charge on any atom is 0.0543 e. The Morgan fingerprint density at radius 1 is 0.353 bits per heavy atom. The number of hydrogen-bond donors (Lipinski definition) is 0. The van der Waals surface area contributed by atoms with Crippen molar-refractivity contribution in [1.29, 1.82) is 0 Å². The first-order valence-electron chi connectivity index (χ1n) is 13.3. The van der Waals surface area contributed by atoms with Crippen LogP contribution in [0.15, 0.2) is 0 Å². The van der Waals surface area contributed by atoms with Gasteiger partial charge in [0.05, 0.1) is 37.0 Å². The summed E-state index contributed by atoms with van der Waals surface area (Å²) >= 11 is 0. The van der Waals surface area contributed by atoms with Crippen LogP contribution in [0.25, 0.3) is 0 Å². The van der Waals surface area contributed by atoms with Crippen LogP contribution in [0.2, 0.25) is 0 Å². The zero-order valence-electron chi connectivity index (χ0n) is 26.8. The summed E-state index contributed by atoms with van der Waals surface area (Å²) in [5.41, 5.74) is 0. The molecule has 0 saturated carbocycles. The Labute approximate surface area is 254 Å².